The van der Waals surface area contributed by atoms with Gasteiger partial charge in [0.1, 0.15) is 11.6 Å². The maximum atomic E-state index is 12.0. The second-order valence-corrected chi connectivity index (χ2v) is 8.46. The van der Waals surface area contributed by atoms with E-state index in [0.29, 0.717) is 30.3 Å². The van der Waals surface area contributed by atoms with Crippen LogP contribution < -0.4 is 4.90 Å². The molecule has 1 aromatic heterocycles. The standard InChI is InChI=1S/C24H27N3O3/c1-15(2)14-30-22(29)11-17-12-27(13-17)24-18-9-8-16(3)10-20(18)25-23(26-24)19-6-4-5-7-21(19)28/h4-10,15,17,28H,11-14H2,1-3H3. The summed E-state index contributed by atoms with van der Waals surface area (Å²) in [6, 6.07) is 13.2. The van der Waals surface area contributed by atoms with Gasteiger partial charge in [-0.1, -0.05) is 32.0 Å². The molecule has 1 aliphatic heterocycles. The number of hydrogen-bond acceptors (Lipinski definition) is 6. The second-order valence-electron chi connectivity index (χ2n) is 8.46. The predicted molar refractivity (Wildman–Crippen MR) is 117 cm³/mol. The average molecular weight is 405 g/mol. The number of aromatic hydroxyl groups is 1. The third-order valence-corrected chi connectivity index (χ3v) is 5.27. The zero-order chi connectivity index (χ0) is 21.3. The van der Waals surface area contributed by atoms with Crippen molar-refractivity contribution in [2.75, 3.05) is 24.6 Å². The van der Waals surface area contributed by atoms with Crippen LogP contribution in [0, 0.1) is 18.8 Å². The average Bonchev–Trinajstić information content (AvgIpc) is 2.68. The Balaban J connectivity index is 1.58. The third kappa shape index (κ3) is 4.22. The lowest BCUT2D eigenvalue weighted by atomic mass is 9.95. The SMILES string of the molecule is Cc1ccc2c(N3CC(CC(=O)OCC(C)C)C3)nc(-c3ccccc3O)nc2c1. The molecular formula is C24H27N3O3. The first-order chi connectivity index (χ1) is 14.4. The van der Waals surface area contributed by atoms with E-state index in [4.69, 9.17) is 14.7 Å². The van der Waals surface area contributed by atoms with Gasteiger partial charge in [0.25, 0.3) is 0 Å². The van der Waals surface area contributed by atoms with Gasteiger partial charge < -0.3 is 14.7 Å². The lowest BCUT2D eigenvalue weighted by Gasteiger charge is -2.40. The smallest absolute Gasteiger partial charge is 0.306 e. The number of phenols is 1. The Kier molecular flexibility index (Phi) is 5.57. The molecule has 0 saturated carbocycles. The molecular weight excluding hydrogens is 378 g/mol. The van der Waals surface area contributed by atoms with Crippen molar-refractivity contribution in [2.45, 2.75) is 27.2 Å². The summed E-state index contributed by atoms with van der Waals surface area (Å²) < 4.78 is 5.31. The van der Waals surface area contributed by atoms with E-state index in [0.717, 1.165) is 35.4 Å². The highest BCUT2D eigenvalue weighted by Gasteiger charge is 2.31. The zero-order valence-electron chi connectivity index (χ0n) is 17.6. The molecule has 6 heteroatoms. The number of nitrogens with zero attached hydrogens (tertiary/aromatic N) is 3. The molecule has 30 heavy (non-hydrogen) atoms. The van der Waals surface area contributed by atoms with Crippen molar-refractivity contribution < 1.29 is 14.6 Å². The summed E-state index contributed by atoms with van der Waals surface area (Å²) >= 11 is 0. The Morgan fingerprint density at radius 3 is 2.70 bits per heavy atom. The fraction of sp³-hybridized carbons (Fsp3) is 0.375. The Morgan fingerprint density at radius 1 is 1.20 bits per heavy atom. The van der Waals surface area contributed by atoms with Crippen LogP contribution in [-0.4, -0.2) is 40.7 Å². The highest BCUT2D eigenvalue weighted by Crippen LogP contribution is 2.35. The van der Waals surface area contributed by atoms with E-state index < -0.39 is 0 Å². The van der Waals surface area contributed by atoms with Crippen molar-refractivity contribution >= 4 is 22.7 Å². The van der Waals surface area contributed by atoms with Gasteiger partial charge in [-0.25, -0.2) is 9.97 Å². The number of anilines is 1. The second kappa shape index (κ2) is 8.30. The summed E-state index contributed by atoms with van der Waals surface area (Å²) in [6.45, 7) is 8.05. The summed E-state index contributed by atoms with van der Waals surface area (Å²) in [5, 5.41) is 11.2. The number of para-hydroxylation sites is 1. The molecule has 156 valence electrons. The number of rotatable bonds is 6. The quantitative estimate of drug-likeness (QED) is 0.615. The first kappa shape index (κ1) is 20.1. The number of esters is 1. The van der Waals surface area contributed by atoms with Crippen molar-refractivity contribution in [1.82, 2.24) is 9.97 Å². The number of aryl methyl sites for hydroxylation is 1. The van der Waals surface area contributed by atoms with Crippen LogP contribution in [0.25, 0.3) is 22.3 Å². The summed E-state index contributed by atoms with van der Waals surface area (Å²) in [7, 11) is 0. The molecule has 4 rings (SSSR count). The minimum atomic E-state index is -0.133. The zero-order valence-corrected chi connectivity index (χ0v) is 17.6. The number of carbonyl (C=O) groups excluding carboxylic acids is 1. The van der Waals surface area contributed by atoms with E-state index in [1.54, 1.807) is 12.1 Å². The lowest BCUT2D eigenvalue weighted by molar-refractivity contribution is -0.146. The normalized spacial score (nSPS) is 14.2. The van der Waals surface area contributed by atoms with Crippen molar-refractivity contribution in [2.24, 2.45) is 11.8 Å². The fourth-order valence-corrected chi connectivity index (χ4v) is 3.67. The molecule has 0 amide bonds. The molecule has 2 aromatic carbocycles. The van der Waals surface area contributed by atoms with Crippen molar-refractivity contribution in [3.05, 3.63) is 48.0 Å². The minimum absolute atomic E-state index is 0.133. The number of benzene rings is 2. The maximum absolute atomic E-state index is 12.0. The highest BCUT2D eigenvalue weighted by atomic mass is 16.5. The van der Waals surface area contributed by atoms with Crippen LogP contribution >= 0.6 is 0 Å². The Morgan fingerprint density at radius 2 is 1.97 bits per heavy atom. The molecule has 1 aliphatic rings. The van der Waals surface area contributed by atoms with Crippen LogP contribution in [0.3, 0.4) is 0 Å². The van der Waals surface area contributed by atoms with Gasteiger partial charge in [-0.3, -0.25) is 4.79 Å². The molecule has 0 aliphatic carbocycles. The van der Waals surface area contributed by atoms with Gasteiger partial charge in [0.15, 0.2) is 5.82 Å². The van der Waals surface area contributed by atoms with Gasteiger partial charge in [-0.15, -0.1) is 0 Å². The van der Waals surface area contributed by atoms with E-state index in [9.17, 15) is 9.90 Å². The van der Waals surface area contributed by atoms with Crippen LogP contribution in [0.2, 0.25) is 0 Å². The van der Waals surface area contributed by atoms with Gasteiger partial charge in [-0.2, -0.15) is 0 Å². The maximum Gasteiger partial charge on any atom is 0.306 e. The molecule has 2 heterocycles. The predicted octanol–water partition coefficient (Wildman–Crippen LogP) is 4.34. The molecule has 0 unspecified atom stereocenters. The monoisotopic (exact) mass is 405 g/mol. The fourth-order valence-electron chi connectivity index (χ4n) is 3.67. The molecule has 1 saturated heterocycles. The van der Waals surface area contributed by atoms with E-state index >= 15 is 0 Å². The lowest BCUT2D eigenvalue weighted by Crippen LogP contribution is -2.48. The van der Waals surface area contributed by atoms with Crippen molar-refractivity contribution in [3.63, 3.8) is 0 Å². The molecule has 1 fully saturated rings. The third-order valence-electron chi connectivity index (χ3n) is 5.27. The summed E-state index contributed by atoms with van der Waals surface area (Å²) in [5.41, 5.74) is 2.57. The number of hydrogen-bond donors (Lipinski definition) is 1. The molecule has 0 atom stereocenters. The highest BCUT2D eigenvalue weighted by molar-refractivity contribution is 5.92. The first-order valence-corrected chi connectivity index (χ1v) is 10.4. The van der Waals surface area contributed by atoms with E-state index in [1.165, 1.54) is 0 Å². The van der Waals surface area contributed by atoms with Crippen LogP contribution in [0.1, 0.15) is 25.8 Å². The number of aromatic nitrogens is 2. The Labute approximate surface area is 176 Å². The van der Waals surface area contributed by atoms with E-state index in [1.807, 2.05) is 45.0 Å². The Bertz CT molecular complexity index is 1070. The Hall–Kier alpha value is -3.15. The minimum Gasteiger partial charge on any atom is -0.507 e. The van der Waals surface area contributed by atoms with Gasteiger partial charge >= 0.3 is 5.97 Å². The summed E-state index contributed by atoms with van der Waals surface area (Å²) in [4.78, 5) is 23.7. The molecule has 0 spiro atoms. The molecule has 0 radical (unpaired) electrons. The van der Waals surface area contributed by atoms with Gasteiger partial charge in [-0.05, 0) is 42.7 Å². The largest absolute Gasteiger partial charge is 0.507 e. The van der Waals surface area contributed by atoms with E-state index in [2.05, 4.69) is 11.0 Å². The van der Waals surface area contributed by atoms with Gasteiger partial charge in [0.2, 0.25) is 0 Å². The van der Waals surface area contributed by atoms with E-state index in [-0.39, 0.29) is 17.6 Å². The molecule has 0 bridgehead atoms. The van der Waals surface area contributed by atoms with Gasteiger partial charge in [0.05, 0.1) is 24.1 Å². The summed E-state index contributed by atoms with van der Waals surface area (Å²) in [5.74, 6) is 1.96. The summed E-state index contributed by atoms with van der Waals surface area (Å²) in [6.07, 6.45) is 0.428. The van der Waals surface area contributed by atoms with Crippen molar-refractivity contribution in [1.29, 1.82) is 0 Å². The van der Waals surface area contributed by atoms with Crippen LogP contribution in [0.5, 0.6) is 5.75 Å². The molecule has 6 nitrogen and oxygen atoms in total. The number of fused-ring (bicyclic) bond motifs is 1. The van der Waals surface area contributed by atoms with Crippen LogP contribution in [-0.2, 0) is 9.53 Å². The van der Waals surface area contributed by atoms with Crippen LogP contribution in [0.4, 0.5) is 5.82 Å². The number of ether oxygens (including phenoxy) is 1. The van der Waals surface area contributed by atoms with Crippen LogP contribution in [0.15, 0.2) is 42.5 Å². The molecule has 1 N–H and O–H groups in total. The van der Waals surface area contributed by atoms with Gasteiger partial charge in [0, 0.05) is 24.4 Å². The molecule has 3 aromatic rings. The topological polar surface area (TPSA) is 75.6 Å². The number of carbonyl (C=O) groups is 1. The number of phenolic OH excluding ortho intramolecular Hbond substituents is 1. The first-order valence-electron chi connectivity index (χ1n) is 10.4. The van der Waals surface area contributed by atoms with Crippen molar-refractivity contribution in [3.8, 4) is 17.1 Å².